The first-order valence-corrected chi connectivity index (χ1v) is 6.43. The second-order valence-electron chi connectivity index (χ2n) is 4.57. The molecule has 3 fully saturated rings. The van der Waals surface area contributed by atoms with Crippen LogP contribution in [0.25, 0.3) is 0 Å². The van der Waals surface area contributed by atoms with E-state index in [2.05, 4.69) is 17.1 Å². The molecule has 0 radical (unpaired) electrons. The second kappa shape index (κ2) is 2.91. The Morgan fingerprint density at radius 2 is 2.08 bits per heavy atom. The molecule has 0 aromatic heterocycles. The molecule has 1 heterocycles. The van der Waals surface area contributed by atoms with Crippen LogP contribution in [0.1, 0.15) is 25.7 Å². The van der Waals surface area contributed by atoms with E-state index in [-0.39, 0.29) is 0 Å². The lowest BCUT2D eigenvalue weighted by molar-refractivity contribution is 0.516. The van der Waals surface area contributed by atoms with E-state index in [1.807, 2.05) is 0 Å². The van der Waals surface area contributed by atoms with Crippen molar-refractivity contribution in [1.29, 1.82) is 0 Å². The minimum absolute atomic E-state index is 0.865. The number of hydrogen-bond acceptors (Lipinski definition) is 2. The largest absolute Gasteiger partial charge is 0.310 e. The fraction of sp³-hybridized carbons (Fsp3) is 1.00. The fourth-order valence-corrected chi connectivity index (χ4v) is 3.59. The Balaban J connectivity index is 1.44. The van der Waals surface area contributed by atoms with Gasteiger partial charge in [0.05, 0.1) is 0 Å². The van der Waals surface area contributed by atoms with Crippen molar-refractivity contribution in [3.8, 4) is 0 Å². The molecule has 1 N–H and O–H groups in total. The quantitative estimate of drug-likeness (QED) is 0.717. The monoisotopic (exact) mass is 183 g/mol. The molecule has 3 atom stereocenters. The van der Waals surface area contributed by atoms with Crippen molar-refractivity contribution in [2.45, 2.75) is 37.8 Å². The van der Waals surface area contributed by atoms with Gasteiger partial charge in [0.2, 0.25) is 0 Å². The molecule has 2 heteroatoms. The predicted octanol–water partition coefficient (Wildman–Crippen LogP) is 1.88. The van der Waals surface area contributed by atoms with Gasteiger partial charge < -0.3 is 5.32 Å². The molecule has 68 valence electrons. The number of nitrogens with one attached hydrogen (secondary N) is 1. The maximum absolute atomic E-state index is 3.80. The summed E-state index contributed by atoms with van der Waals surface area (Å²) < 4.78 is 0. The van der Waals surface area contributed by atoms with Crippen molar-refractivity contribution >= 4 is 11.8 Å². The molecule has 3 aliphatic rings. The van der Waals surface area contributed by atoms with Gasteiger partial charge in [-0.05, 0) is 43.3 Å². The van der Waals surface area contributed by atoms with E-state index in [0.29, 0.717) is 0 Å². The Kier molecular flexibility index (Phi) is 1.87. The molecule has 0 aromatic carbocycles. The molecule has 0 bridgehead atoms. The number of rotatable bonds is 3. The van der Waals surface area contributed by atoms with Gasteiger partial charge in [-0.3, -0.25) is 0 Å². The minimum atomic E-state index is 0.865. The van der Waals surface area contributed by atoms with E-state index in [1.165, 1.54) is 37.2 Å². The molecule has 3 rings (SSSR count). The predicted molar refractivity (Wildman–Crippen MR) is 53.5 cm³/mol. The van der Waals surface area contributed by atoms with E-state index < -0.39 is 0 Å². The third kappa shape index (κ3) is 1.51. The van der Waals surface area contributed by atoms with Crippen molar-refractivity contribution in [2.75, 3.05) is 11.5 Å². The molecule has 1 nitrogen and oxygen atoms in total. The molecule has 2 saturated carbocycles. The molecule has 0 aromatic rings. The molecule has 0 amide bonds. The van der Waals surface area contributed by atoms with Crippen LogP contribution in [-0.4, -0.2) is 23.6 Å². The minimum Gasteiger partial charge on any atom is -0.310 e. The summed E-state index contributed by atoms with van der Waals surface area (Å²) in [6.45, 7) is 0. The Morgan fingerprint density at radius 1 is 1.17 bits per heavy atom. The Hall–Kier alpha value is 0.310. The van der Waals surface area contributed by atoms with Gasteiger partial charge in [-0.25, -0.2) is 0 Å². The molecule has 1 aliphatic heterocycles. The van der Waals surface area contributed by atoms with Crippen LogP contribution >= 0.6 is 11.8 Å². The highest BCUT2D eigenvalue weighted by Crippen LogP contribution is 2.50. The summed E-state index contributed by atoms with van der Waals surface area (Å²) in [5.41, 5.74) is 0. The SMILES string of the molecule is C1CC(NC2CC2C2CC2)CS1. The number of thioether (sulfide) groups is 1. The van der Waals surface area contributed by atoms with Gasteiger partial charge in [-0.15, -0.1) is 0 Å². The van der Waals surface area contributed by atoms with Gasteiger partial charge in [-0.2, -0.15) is 11.8 Å². The molecule has 2 aliphatic carbocycles. The van der Waals surface area contributed by atoms with Gasteiger partial charge >= 0.3 is 0 Å². The van der Waals surface area contributed by atoms with E-state index in [0.717, 1.165) is 23.9 Å². The summed E-state index contributed by atoms with van der Waals surface area (Å²) in [7, 11) is 0. The van der Waals surface area contributed by atoms with Crippen molar-refractivity contribution in [2.24, 2.45) is 11.8 Å². The lowest BCUT2D eigenvalue weighted by atomic mass is 10.2. The lowest BCUT2D eigenvalue weighted by Crippen LogP contribution is -2.31. The third-order valence-corrected chi connectivity index (χ3v) is 4.61. The molecular formula is C10H17NS. The van der Waals surface area contributed by atoms with Crippen molar-refractivity contribution in [1.82, 2.24) is 5.32 Å². The Labute approximate surface area is 78.7 Å². The topological polar surface area (TPSA) is 12.0 Å². The van der Waals surface area contributed by atoms with Crippen molar-refractivity contribution in [3.05, 3.63) is 0 Å². The van der Waals surface area contributed by atoms with Crippen LogP contribution in [0, 0.1) is 11.8 Å². The van der Waals surface area contributed by atoms with E-state index in [4.69, 9.17) is 0 Å². The van der Waals surface area contributed by atoms with E-state index in [1.54, 1.807) is 0 Å². The molecule has 0 spiro atoms. The Bertz CT molecular complexity index is 173. The fourth-order valence-electron chi connectivity index (χ4n) is 2.42. The average Bonchev–Trinajstić information content (AvgIpc) is 2.91. The highest BCUT2D eigenvalue weighted by molar-refractivity contribution is 7.99. The van der Waals surface area contributed by atoms with Crippen LogP contribution in [0.15, 0.2) is 0 Å². The maximum Gasteiger partial charge on any atom is 0.0168 e. The summed E-state index contributed by atoms with van der Waals surface area (Å²) in [4.78, 5) is 0. The highest BCUT2D eigenvalue weighted by Gasteiger charge is 2.47. The van der Waals surface area contributed by atoms with Crippen LogP contribution < -0.4 is 5.32 Å². The summed E-state index contributed by atoms with van der Waals surface area (Å²) in [6, 6.07) is 1.80. The first kappa shape index (κ1) is 7.69. The molecular weight excluding hydrogens is 166 g/mol. The smallest absolute Gasteiger partial charge is 0.0168 e. The first-order chi connectivity index (χ1) is 5.93. The third-order valence-electron chi connectivity index (χ3n) is 3.45. The van der Waals surface area contributed by atoms with E-state index in [9.17, 15) is 0 Å². The summed E-state index contributed by atoms with van der Waals surface area (Å²) in [6.07, 6.45) is 5.97. The number of hydrogen-bond donors (Lipinski definition) is 1. The van der Waals surface area contributed by atoms with Crippen molar-refractivity contribution < 1.29 is 0 Å². The zero-order valence-corrected chi connectivity index (χ0v) is 8.28. The normalized spacial score (nSPS) is 46.5. The Morgan fingerprint density at radius 3 is 2.75 bits per heavy atom. The van der Waals surface area contributed by atoms with Crippen LogP contribution in [0.3, 0.4) is 0 Å². The van der Waals surface area contributed by atoms with Gasteiger partial charge in [0.25, 0.3) is 0 Å². The summed E-state index contributed by atoms with van der Waals surface area (Å²) in [5, 5.41) is 3.80. The lowest BCUT2D eigenvalue weighted by Gasteiger charge is -2.10. The van der Waals surface area contributed by atoms with Crippen LogP contribution in [0.5, 0.6) is 0 Å². The van der Waals surface area contributed by atoms with Gasteiger partial charge in [-0.1, -0.05) is 0 Å². The van der Waals surface area contributed by atoms with Gasteiger partial charge in [0.15, 0.2) is 0 Å². The van der Waals surface area contributed by atoms with Crippen LogP contribution in [0.4, 0.5) is 0 Å². The van der Waals surface area contributed by atoms with Crippen LogP contribution in [0.2, 0.25) is 0 Å². The summed E-state index contributed by atoms with van der Waals surface area (Å²) >= 11 is 2.11. The highest BCUT2D eigenvalue weighted by atomic mass is 32.2. The van der Waals surface area contributed by atoms with Gasteiger partial charge in [0.1, 0.15) is 0 Å². The molecule has 12 heavy (non-hydrogen) atoms. The van der Waals surface area contributed by atoms with Crippen LogP contribution in [-0.2, 0) is 0 Å². The van der Waals surface area contributed by atoms with E-state index >= 15 is 0 Å². The standard InChI is InChI=1S/C10H17NS/c1-2-7(1)9-5-10(9)11-8-3-4-12-6-8/h7-11H,1-6H2. The first-order valence-electron chi connectivity index (χ1n) is 5.27. The van der Waals surface area contributed by atoms with Crippen molar-refractivity contribution in [3.63, 3.8) is 0 Å². The zero-order chi connectivity index (χ0) is 7.97. The molecule has 3 unspecified atom stereocenters. The van der Waals surface area contributed by atoms with Gasteiger partial charge in [0, 0.05) is 17.8 Å². The summed E-state index contributed by atoms with van der Waals surface area (Å²) in [5.74, 6) is 4.99. The molecule has 1 saturated heterocycles. The maximum atomic E-state index is 3.80. The zero-order valence-electron chi connectivity index (χ0n) is 7.46. The second-order valence-corrected chi connectivity index (χ2v) is 5.72. The average molecular weight is 183 g/mol.